The molecular weight excluding hydrogens is 172 g/mol. The number of allylic oxidation sites excluding steroid dienone is 1. The monoisotopic (exact) mass is 184 g/mol. The first-order chi connectivity index (χ1) is 5.34. The van der Waals surface area contributed by atoms with Crippen molar-refractivity contribution >= 4 is 23.1 Å². The van der Waals surface area contributed by atoms with E-state index in [-0.39, 0.29) is 0 Å². The zero-order chi connectivity index (χ0) is 8.10. The SMILES string of the molecule is C/C=C\SCc1sccc1C. The van der Waals surface area contributed by atoms with Crippen LogP contribution in [0.4, 0.5) is 0 Å². The molecule has 0 saturated carbocycles. The van der Waals surface area contributed by atoms with E-state index in [4.69, 9.17) is 0 Å². The summed E-state index contributed by atoms with van der Waals surface area (Å²) in [6.07, 6.45) is 2.08. The van der Waals surface area contributed by atoms with E-state index in [0.29, 0.717) is 0 Å². The molecule has 1 aromatic heterocycles. The van der Waals surface area contributed by atoms with Gasteiger partial charge in [-0.1, -0.05) is 6.08 Å². The molecule has 0 saturated heterocycles. The minimum Gasteiger partial charge on any atom is -0.148 e. The van der Waals surface area contributed by atoms with Crippen molar-refractivity contribution in [2.75, 3.05) is 0 Å². The number of thiophene rings is 1. The second-order valence-corrected chi connectivity index (χ2v) is 4.20. The van der Waals surface area contributed by atoms with Gasteiger partial charge in [-0.2, -0.15) is 0 Å². The first-order valence-corrected chi connectivity index (χ1v) is 5.53. The molecule has 0 aromatic carbocycles. The van der Waals surface area contributed by atoms with E-state index in [1.54, 1.807) is 0 Å². The van der Waals surface area contributed by atoms with Crippen LogP contribution in [0, 0.1) is 6.92 Å². The fourth-order valence-electron chi connectivity index (χ4n) is 0.772. The Morgan fingerprint density at radius 2 is 2.45 bits per heavy atom. The van der Waals surface area contributed by atoms with Crippen LogP contribution < -0.4 is 0 Å². The molecule has 1 rings (SSSR count). The van der Waals surface area contributed by atoms with Crippen molar-refractivity contribution in [3.05, 3.63) is 33.4 Å². The Morgan fingerprint density at radius 3 is 3.00 bits per heavy atom. The van der Waals surface area contributed by atoms with E-state index < -0.39 is 0 Å². The van der Waals surface area contributed by atoms with Gasteiger partial charge in [-0.15, -0.1) is 23.1 Å². The minimum absolute atomic E-state index is 1.12. The molecule has 0 amide bonds. The van der Waals surface area contributed by atoms with Crippen LogP contribution in [0.2, 0.25) is 0 Å². The lowest BCUT2D eigenvalue weighted by Gasteiger charge is -1.93. The number of hydrogen-bond acceptors (Lipinski definition) is 2. The summed E-state index contributed by atoms with van der Waals surface area (Å²) in [5.74, 6) is 1.12. The standard InChI is InChI=1S/C9H12S2/c1-3-5-10-7-9-8(2)4-6-11-9/h3-6H,7H2,1-2H3/b5-3-. The zero-order valence-electron chi connectivity index (χ0n) is 6.83. The number of aryl methyl sites for hydroxylation is 1. The molecular formula is C9H12S2. The lowest BCUT2D eigenvalue weighted by Crippen LogP contribution is -1.74. The lowest BCUT2D eigenvalue weighted by molar-refractivity contribution is 1.41. The van der Waals surface area contributed by atoms with Crippen molar-refractivity contribution in [1.29, 1.82) is 0 Å². The van der Waals surface area contributed by atoms with Gasteiger partial charge in [0.1, 0.15) is 0 Å². The fourth-order valence-corrected chi connectivity index (χ4v) is 2.61. The summed E-state index contributed by atoms with van der Waals surface area (Å²) in [4.78, 5) is 1.49. The zero-order valence-corrected chi connectivity index (χ0v) is 8.47. The van der Waals surface area contributed by atoms with Crippen LogP contribution in [0.5, 0.6) is 0 Å². The third-order valence-electron chi connectivity index (χ3n) is 1.41. The molecule has 60 valence electrons. The average molecular weight is 184 g/mol. The average Bonchev–Trinajstić information content (AvgIpc) is 2.37. The molecule has 0 fully saturated rings. The Balaban J connectivity index is 2.44. The molecule has 0 aliphatic carbocycles. The number of hydrogen-bond donors (Lipinski definition) is 0. The summed E-state index contributed by atoms with van der Waals surface area (Å²) >= 11 is 3.70. The summed E-state index contributed by atoms with van der Waals surface area (Å²) < 4.78 is 0. The van der Waals surface area contributed by atoms with Gasteiger partial charge in [-0.3, -0.25) is 0 Å². The molecule has 2 heteroatoms. The predicted octanol–water partition coefficient (Wildman–Crippen LogP) is 3.82. The number of thioether (sulfide) groups is 1. The van der Waals surface area contributed by atoms with Gasteiger partial charge in [0.2, 0.25) is 0 Å². The maximum absolute atomic E-state index is 2.18. The van der Waals surface area contributed by atoms with E-state index in [1.165, 1.54) is 10.4 Å². The molecule has 11 heavy (non-hydrogen) atoms. The van der Waals surface area contributed by atoms with Crippen molar-refractivity contribution in [1.82, 2.24) is 0 Å². The van der Waals surface area contributed by atoms with Crippen LogP contribution in [0.25, 0.3) is 0 Å². The van der Waals surface area contributed by atoms with Crippen molar-refractivity contribution < 1.29 is 0 Å². The Morgan fingerprint density at radius 1 is 1.64 bits per heavy atom. The maximum Gasteiger partial charge on any atom is 0.0322 e. The Kier molecular flexibility index (Phi) is 3.73. The van der Waals surface area contributed by atoms with Crippen LogP contribution in [-0.4, -0.2) is 0 Å². The summed E-state index contributed by atoms with van der Waals surface area (Å²) in [6.45, 7) is 4.22. The largest absolute Gasteiger partial charge is 0.148 e. The highest BCUT2D eigenvalue weighted by Crippen LogP contribution is 2.21. The first-order valence-electron chi connectivity index (χ1n) is 3.60. The highest BCUT2D eigenvalue weighted by molar-refractivity contribution is 8.01. The van der Waals surface area contributed by atoms with Crippen molar-refractivity contribution in [3.63, 3.8) is 0 Å². The summed E-state index contributed by atoms with van der Waals surface area (Å²) in [5, 5.41) is 4.29. The van der Waals surface area contributed by atoms with Crippen LogP contribution in [0.1, 0.15) is 17.4 Å². The molecule has 1 heterocycles. The molecule has 1 aromatic rings. The molecule has 0 unspecified atom stereocenters. The molecule has 0 aliphatic rings. The Hall–Kier alpha value is -0.210. The maximum atomic E-state index is 2.18. The van der Waals surface area contributed by atoms with Gasteiger partial charge in [-0.25, -0.2) is 0 Å². The van der Waals surface area contributed by atoms with E-state index in [1.807, 2.05) is 30.0 Å². The summed E-state index contributed by atoms with van der Waals surface area (Å²) in [6, 6.07) is 2.18. The summed E-state index contributed by atoms with van der Waals surface area (Å²) in [5.41, 5.74) is 1.42. The van der Waals surface area contributed by atoms with Crippen molar-refractivity contribution in [2.24, 2.45) is 0 Å². The molecule has 0 N–H and O–H groups in total. The molecule has 0 radical (unpaired) electrons. The minimum atomic E-state index is 1.12. The molecule has 0 bridgehead atoms. The van der Waals surface area contributed by atoms with Crippen LogP contribution in [-0.2, 0) is 5.75 Å². The second kappa shape index (κ2) is 4.62. The molecule has 0 atom stereocenters. The van der Waals surface area contributed by atoms with Crippen LogP contribution in [0.15, 0.2) is 22.9 Å². The smallest absolute Gasteiger partial charge is 0.0322 e. The van der Waals surface area contributed by atoms with Crippen molar-refractivity contribution in [3.8, 4) is 0 Å². The van der Waals surface area contributed by atoms with Gasteiger partial charge < -0.3 is 0 Å². The van der Waals surface area contributed by atoms with Crippen LogP contribution >= 0.6 is 23.1 Å². The second-order valence-electron chi connectivity index (χ2n) is 2.31. The van der Waals surface area contributed by atoms with Crippen molar-refractivity contribution in [2.45, 2.75) is 19.6 Å². The van der Waals surface area contributed by atoms with Gasteiger partial charge in [0.25, 0.3) is 0 Å². The van der Waals surface area contributed by atoms with Gasteiger partial charge >= 0.3 is 0 Å². The Bertz CT molecular complexity index is 235. The third-order valence-corrected chi connectivity index (χ3v) is 3.54. The van der Waals surface area contributed by atoms with Crippen LogP contribution in [0.3, 0.4) is 0 Å². The first kappa shape index (κ1) is 8.88. The van der Waals surface area contributed by atoms with Gasteiger partial charge in [0, 0.05) is 10.6 Å². The molecule has 0 spiro atoms. The van der Waals surface area contributed by atoms with E-state index in [0.717, 1.165) is 5.75 Å². The van der Waals surface area contributed by atoms with E-state index >= 15 is 0 Å². The molecule has 0 nitrogen and oxygen atoms in total. The van der Waals surface area contributed by atoms with Gasteiger partial charge in [0.15, 0.2) is 0 Å². The normalized spacial score (nSPS) is 11.1. The predicted molar refractivity (Wildman–Crippen MR) is 55.2 cm³/mol. The topological polar surface area (TPSA) is 0 Å². The number of rotatable bonds is 3. The highest BCUT2D eigenvalue weighted by Gasteiger charge is 1.96. The van der Waals surface area contributed by atoms with Gasteiger partial charge in [0.05, 0.1) is 0 Å². The highest BCUT2D eigenvalue weighted by atomic mass is 32.2. The fraction of sp³-hybridized carbons (Fsp3) is 0.333. The Labute approximate surface area is 76.3 Å². The van der Waals surface area contributed by atoms with Gasteiger partial charge in [-0.05, 0) is 36.3 Å². The lowest BCUT2D eigenvalue weighted by atomic mass is 10.3. The van der Waals surface area contributed by atoms with E-state index in [2.05, 4.69) is 29.9 Å². The summed E-state index contributed by atoms with van der Waals surface area (Å²) in [7, 11) is 0. The third kappa shape index (κ3) is 2.72. The molecule has 0 aliphatic heterocycles. The quantitative estimate of drug-likeness (QED) is 0.688. The van der Waals surface area contributed by atoms with E-state index in [9.17, 15) is 0 Å².